The summed E-state index contributed by atoms with van der Waals surface area (Å²) in [6, 6.07) is 11.8. The second-order valence-electron chi connectivity index (χ2n) is 7.34. The minimum absolute atomic E-state index is 0.0354. The molecule has 1 heterocycles. The van der Waals surface area contributed by atoms with Crippen LogP contribution in [-0.2, 0) is 10.2 Å². The quantitative estimate of drug-likeness (QED) is 0.882. The molecule has 1 aromatic carbocycles. The van der Waals surface area contributed by atoms with Gasteiger partial charge in [0.05, 0.1) is 0 Å². The number of carbonyl (C=O) groups excluding carboxylic acids is 1. The minimum Gasteiger partial charge on any atom is -0.338 e. The molecule has 1 fully saturated rings. The molecule has 5 nitrogen and oxygen atoms in total. The van der Waals surface area contributed by atoms with Crippen molar-refractivity contribution < 1.29 is 4.79 Å². The van der Waals surface area contributed by atoms with Crippen LogP contribution in [0.3, 0.4) is 0 Å². The fourth-order valence-electron chi connectivity index (χ4n) is 2.75. The Morgan fingerprint density at radius 1 is 1.04 bits per heavy atom. The SMILES string of the molecule is CC(C)(C)c1ccccc1Nc1ccc(NC(=O)C2CCC2)nn1. The number of hydrogen-bond acceptors (Lipinski definition) is 4. The summed E-state index contributed by atoms with van der Waals surface area (Å²) in [5, 5.41) is 14.4. The maximum atomic E-state index is 11.9. The van der Waals surface area contributed by atoms with Crippen LogP contribution in [0.1, 0.15) is 45.6 Å². The highest BCUT2D eigenvalue weighted by Gasteiger charge is 2.25. The third-order valence-electron chi connectivity index (χ3n) is 4.39. The van der Waals surface area contributed by atoms with Crippen LogP contribution in [0.2, 0.25) is 0 Å². The number of anilines is 3. The van der Waals surface area contributed by atoms with Crippen molar-refractivity contribution in [3.8, 4) is 0 Å². The molecule has 24 heavy (non-hydrogen) atoms. The van der Waals surface area contributed by atoms with E-state index in [1.165, 1.54) is 5.56 Å². The van der Waals surface area contributed by atoms with E-state index in [2.05, 4.69) is 47.7 Å². The van der Waals surface area contributed by atoms with Crippen molar-refractivity contribution in [1.29, 1.82) is 0 Å². The smallest absolute Gasteiger partial charge is 0.228 e. The Morgan fingerprint density at radius 2 is 1.71 bits per heavy atom. The second kappa shape index (κ2) is 6.59. The van der Waals surface area contributed by atoms with Crippen LogP contribution in [0.15, 0.2) is 36.4 Å². The van der Waals surface area contributed by atoms with Crippen molar-refractivity contribution in [2.45, 2.75) is 45.4 Å². The molecular formula is C19H24N4O. The van der Waals surface area contributed by atoms with E-state index in [0.717, 1.165) is 24.9 Å². The summed E-state index contributed by atoms with van der Waals surface area (Å²) in [5.41, 5.74) is 2.27. The van der Waals surface area contributed by atoms with Gasteiger partial charge in [0, 0.05) is 11.6 Å². The van der Waals surface area contributed by atoms with Gasteiger partial charge >= 0.3 is 0 Å². The van der Waals surface area contributed by atoms with Crippen LogP contribution in [0, 0.1) is 5.92 Å². The molecule has 1 aromatic heterocycles. The van der Waals surface area contributed by atoms with Crippen LogP contribution < -0.4 is 10.6 Å². The number of para-hydroxylation sites is 1. The highest BCUT2D eigenvalue weighted by Crippen LogP contribution is 2.31. The van der Waals surface area contributed by atoms with Gasteiger partial charge in [-0.2, -0.15) is 0 Å². The lowest BCUT2D eigenvalue weighted by Crippen LogP contribution is -2.28. The van der Waals surface area contributed by atoms with Gasteiger partial charge in [0.15, 0.2) is 11.6 Å². The monoisotopic (exact) mass is 324 g/mol. The summed E-state index contributed by atoms with van der Waals surface area (Å²) in [4.78, 5) is 11.9. The summed E-state index contributed by atoms with van der Waals surface area (Å²) < 4.78 is 0. The van der Waals surface area contributed by atoms with E-state index in [1.807, 2.05) is 24.3 Å². The maximum Gasteiger partial charge on any atom is 0.228 e. The first kappa shape index (κ1) is 16.4. The molecule has 0 unspecified atom stereocenters. The number of aromatic nitrogens is 2. The molecule has 0 saturated heterocycles. The van der Waals surface area contributed by atoms with Crippen LogP contribution >= 0.6 is 0 Å². The van der Waals surface area contributed by atoms with Crippen molar-refractivity contribution in [3.05, 3.63) is 42.0 Å². The first-order valence-corrected chi connectivity index (χ1v) is 8.44. The number of benzene rings is 1. The molecule has 1 aliphatic carbocycles. The number of rotatable bonds is 4. The molecule has 2 N–H and O–H groups in total. The Morgan fingerprint density at radius 3 is 2.29 bits per heavy atom. The first-order chi connectivity index (χ1) is 11.4. The highest BCUT2D eigenvalue weighted by molar-refractivity contribution is 5.92. The molecule has 3 rings (SSSR count). The predicted octanol–water partition coefficient (Wildman–Crippen LogP) is 4.26. The van der Waals surface area contributed by atoms with E-state index in [9.17, 15) is 4.79 Å². The van der Waals surface area contributed by atoms with Gasteiger partial charge in [-0.1, -0.05) is 45.4 Å². The molecule has 2 aromatic rings. The number of nitrogens with one attached hydrogen (secondary N) is 2. The molecule has 1 aliphatic rings. The van der Waals surface area contributed by atoms with Crippen LogP contribution in [0.4, 0.5) is 17.3 Å². The Kier molecular flexibility index (Phi) is 4.51. The molecule has 1 saturated carbocycles. The summed E-state index contributed by atoms with van der Waals surface area (Å²) in [7, 11) is 0. The van der Waals surface area contributed by atoms with Crippen molar-refractivity contribution in [3.63, 3.8) is 0 Å². The van der Waals surface area contributed by atoms with E-state index in [4.69, 9.17) is 0 Å². The Balaban J connectivity index is 1.69. The molecule has 0 atom stereocenters. The van der Waals surface area contributed by atoms with Crippen molar-refractivity contribution in [2.24, 2.45) is 5.92 Å². The lowest BCUT2D eigenvalue weighted by Gasteiger charge is -2.24. The summed E-state index contributed by atoms with van der Waals surface area (Å²) in [5.74, 6) is 1.35. The van der Waals surface area contributed by atoms with Gasteiger partial charge in [-0.05, 0) is 42.0 Å². The number of carbonyl (C=O) groups is 1. The predicted molar refractivity (Wildman–Crippen MR) is 96.4 cm³/mol. The molecule has 1 amide bonds. The molecule has 0 aliphatic heterocycles. The molecule has 5 heteroatoms. The summed E-state index contributed by atoms with van der Waals surface area (Å²) in [6.45, 7) is 6.54. The van der Waals surface area contributed by atoms with E-state index in [0.29, 0.717) is 11.6 Å². The van der Waals surface area contributed by atoms with Gasteiger partial charge in [-0.15, -0.1) is 10.2 Å². The fraction of sp³-hybridized carbons (Fsp3) is 0.421. The van der Waals surface area contributed by atoms with Crippen LogP contribution in [0.25, 0.3) is 0 Å². The average molecular weight is 324 g/mol. The summed E-state index contributed by atoms with van der Waals surface area (Å²) >= 11 is 0. The molecule has 0 radical (unpaired) electrons. The first-order valence-electron chi connectivity index (χ1n) is 8.44. The number of nitrogens with zero attached hydrogens (tertiary/aromatic N) is 2. The van der Waals surface area contributed by atoms with E-state index >= 15 is 0 Å². The molecular weight excluding hydrogens is 300 g/mol. The standard InChI is InChI=1S/C19H24N4O/c1-19(2,3)14-9-4-5-10-15(14)20-16-11-12-17(23-22-16)21-18(24)13-7-6-8-13/h4-5,9-13H,6-8H2,1-3H3,(H,20,22)(H,21,23,24). The maximum absolute atomic E-state index is 11.9. The number of hydrogen-bond donors (Lipinski definition) is 2. The van der Waals surface area contributed by atoms with Crippen molar-refractivity contribution in [2.75, 3.05) is 10.6 Å². The summed E-state index contributed by atoms with van der Waals surface area (Å²) in [6.07, 6.45) is 3.09. The van der Waals surface area contributed by atoms with Gasteiger partial charge in [-0.3, -0.25) is 4.79 Å². The van der Waals surface area contributed by atoms with E-state index < -0.39 is 0 Å². The zero-order chi connectivity index (χ0) is 17.2. The third kappa shape index (κ3) is 3.72. The molecule has 126 valence electrons. The van der Waals surface area contributed by atoms with Gasteiger partial charge in [0.1, 0.15) is 0 Å². The zero-order valence-electron chi connectivity index (χ0n) is 14.5. The van der Waals surface area contributed by atoms with Crippen LogP contribution in [-0.4, -0.2) is 16.1 Å². The molecule has 0 bridgehead atoms. The van der Waals surface area contributed by atoms with Gasteiger partial charge in [0.25, 0.3) is 0 Å². The van der Waals surface area contributed by atoms with E-state index in [-0.39, 0.29) is 17.2 Å². The number of amides is 1. The van der Waals surface area contributed by atoms with Gasteiger partial charge in [0.2, 0.25) is 5.91 Å². The molecule has 0 spiro atoms. The topological polar surface area (TPSA) is 66.9 Å². The van der Waals surface area contributed by atoms with Crippen molar-refractivity contribution in [1.82, 2.24) is 10.2 Å². The fourth-order valence-corrected chi connectivity index (χ4v) is 2.75. The zero-order valence-corrected chi connectivity index (χ0v) is 14.5. The van der Waals surface area contributed by atoms with Gasteiger partial charge < -0.3 is 10.6 Å². The van der Waals surface area contributed by atoms with Gasteiger partial charge in [-0.25, -0.2) is 0 Å². The normalized spacial score (nSPS) is 14.8. The average Bonchev–Trinajstić information content (AvgIpc) is 2.47. The van der Waals surface area contributed by atoms with E-state index in [1.54, 1.807) is 6.07 Å². The third-order valence-corrected chi connectivity index (χ3v) is 4.39. The Labute approximate surface area is 142 Å². The largest absolute Gasteiger partial charge is 0.338 e. The highest BCUT2D eigenvalue weighted by atomic mass is 16.2. The second-order valence-corrected chi connectivity index (χ2v) is 7.34. The van der Waals surface area contributed by atoms with Crippen molar-refractivity contribution >= 4 is 23.2 Å². The Hall–Kier alpha value is -2.43. The minimum atomic E-state index is 0.0354. The Bertz CT molecular complexity index is 715. The lowest BCUT2D eigenvalue weighted by atomic mass is 9.85. The van der Waals surface area contributed by atoms with Crippen LogP contribution in [0.5, 0.6) is 0 Å². The lowest BCUT2D eigenvalue weighted by molar-refractivity contribution is -0.122.